The van der Waals surface area contributed by atoms with E-state index in [1.165, 1.54) is 11.6 Å². The highest BCUT2D eigenvalue weighted by Crippen LogP contribution is 2.30. The van der Waals surface area contributed by atoms with Gasteiger partial charge in [-0.1, -0.05) is 24.3 Å². The van der Waals surface area contributed by atoms with Crippen molar-refractivity contribution in [2.24, 2.45) is 7.05 Å². The standard InChI is InChI=1S/C14H14F3N3O2/c1-8(18-13(21)22)9-3-5-10(6-4-9)12-19-11(7-20(12)2)14(15,16)17/h3-8,18H,1-2H3,(H,21,22). The number of hydrogen-bond acceptors (Lipinski definition) is 2. The predicted molar refractivity (Wildman–Crippen MR) is 73.2 cm³/mol. The van der Waals surface area contributed by atoms with Gasteiger partial charge in [0.1, 0.15) is 5.82 Å². The lowest BCUT2D eigenvalue weighted by molar-refractivity contribution is -0.140. The number of aryl methyl sites for hydroxylation is 1. The molecule has 1 heterocycles. The second kappa shape index (κ2) is 5.70. The Labute approximate surface area is 124 Å². The van der Waals surface area contributed by atoms with Gasteiger partial charge in [-0.2, -0.15) is 13.2 Å². The highest BCUT2D eigenvalue weighted by Gasteiger charge is 2.34. The third-order valence-corrected chi connectivity index (χ3v) is 3.18. The van der Waals surface area contributed by atoms with Crippen LogP contribution in [0.5, 0.6) is 0 Å². The van der Waals surface area contributed by atoms with Crippen molar-refractivity contribution in [3.8, 4) is 11.4 Å². The number of nitrogens with zero attached hydrogens (tertiary/aromatic N) is 2. The van der Waals surface area contributed by atoms with Gasteiger partial charge in [0, 0.05) is 18.8 Å². The average Bonchev–Trinajstić information content (AvgIpc) is 2.80. The highest BCUT2D eigenvalue weighted by atomic mass is 19.4. The minimum absolute atomic E-state index is 0.192. The SMILES string of the molecule is CC(NC(=O)O)c1ccc(-c2nc(C(F)(F)F)cn2C)cc1. The molecule has 0 aliphatic carbocycles. The summed E-state index contributed by atoms with van der Waals surface area (Å²) in [7, 11) is 1.49. The van der Waals surface area contributed by atoms with Gasteiger partial charge >= 0.3 is 12.3 Å². The Morgan fingerprint density at radius 2 is 1.91 bits per heavy atom. The van der Waals surface area contributed by atoms with Crippen LogP contribution in [0.3, 0.4) is 0 Å². The lowest BCUT2D eigenvalue weighted by Gasteiger charge is -2.12. The van der Waals surface area contributed by atoms with Crippen LogP contribution in [0.15, 0.2) is 30.5 Å². The van der Waals surface area contributed by atoms with Gasteiger partial charge in [0.15, 0.2) is 5.69 Å². The summed E-state index contributed by atoms with van der Waals surface area (Å²) in [5, 5.41) is 11.0. The maximum atomic E-state index is 12.6. The average molecular weight is 313 g/mol. The zero-order chi connectivity index (χ0) is 16.5. The van der Waals surface area contributed by atoms with Gasteiger partial charge in [-0.3, -0.25) is 0 Å². The van der Waals surface area contributed by atoms with Crippen molar-refractivity contribution >= 4 is 6.09 Å². The van der Waals surface area contributed by atoms with Crippen molar-refractivity contribution in [2.45, 2.75) is 19.1 Å². The summed E-state index contributed by atoms with van der Waals surface area (Å²) < 4.78 is 39.2. The predicted octanol–water partition coefficient (Wildman–Crippen LogP) is 3.43. The minimum atomic E-state index is -4.49. The molecule has 1 atom stereocenters. The molecule has 0 fully saturated rings. The Balaban J connectivity index is 2.28. The number of amides is 1. The lowest BCUT2D eigenvalue weighted by Crippen LogP contribution is -2.24. The number of carbonyl (C=O) groups is 1. The molecule has 118 valence electrons. The molecule has 0 aliphatic heterocycles. The largest absolute Gasteiger partial charge is 0.465 e. The molecule has 0 spiro atoms. The van der Waals surface area contributed by atoms with Gasteiger partial charge in [-0.05, 0) is 12.5 Å². The molecule has 2 rings (SSSR count). The third-order valence-electron chi connectivity index (χ3n) is 3.18. The first-order chi connectivity index (χ1) is 10.2. The third kappa shape index (κ3) is 3.38. The van der Waals surface area contributed by atoms with Gasteiger partial charge in [-0.25, -0.2) is 9.78 Å². The van der Waals surface area contributed by atoms with Crippen molar-refractivity contribution in [3.63, 3.8) is 0 Å². The number of nitrogens with one attached hydrogen (secondary N) is 1. The molecule has 2 aromatic rings. The van der Waals surface area contributed by atoms with Gasteiger partial charge in [0.25, 0.3) is 0 Å². The van der Waals surface area contributed by atoms with Crippen molar-refractivity contribution in [3.05, 3.63) is 41.7 Å². The summed E-state index contributed by atoms with van der Waals surface area (Å²) >= 11 is 0. The molecule has 1 unspecified atom stereocenters. The molecule has 1 aromatic heterocycles. The van der Waals surface area contributed by atoms with Crippen LogP contribution < -0.4 is 5.32 Å². The second-order valence-electron chi connectivity index (χ2n) is 4.85. The van der Waals surface area contributed by atoms with Crippen LogP contribution in [-0.2, 0) is 13.2 Å². The first kappa shape index (κ1) is 15.9. The van der Waals surface area contributed by atoms with Crippen LogP contribution in [0.1, 0.15) is 24.2 Å². The van der Waals surface area contributed by atoms with Gasteiger partial charge < -0.3 is 15.0 Å². The van der Waals surface area contributed by atoms with E-state index in [1.54, 1.807) is 31.2 Å². The Bertz CT molecular complexity index is 678. The van der Waals surface area contributed by atoms with Crippen LogP contribution in [0.25, 0.3) is 11.4 Å². The van der Waals surface area contributed by atoms with Crippen LogP contribution in [-0.4, -0.2) is 20.8 Å². The van der Waals surface area contributed by atoms with E-state index in [9.17, 15) is 18.0 Å². The maximum Gasteiger partial charge on any atom is 0.434 e. The molecule has 1 aromatic carbocycles. The lowest BCUT2D eigenvalue weighted by atomic mass is 10.1. The van der Waals surface area contributed by atoms with Crippen molar-refractivity contribution in [1.82, 2.24) is 14.9 Å². The quantitative estimate of drug-likeness (QED) is 0.912. The van der Waals surface area contributed by atoms with E-state index >= 15 is 0 Å². The number of imidazole rings is 1. The maximum absolute atomic E-state index is 12.6. The number of carboxylic acid groups (broad SMARTS) is 1. The van der Waals surface area contributed by atoms with Gasteiger partial charge in [-0.15, -0.1) is 0 Å². The van der Waals surface area contributed by atoms with Crippen LogP contribution in [0.2, 0.25) is 0 Å². The molecule has 5 nitrogen and oxygen atoms in total. The fraction of sp³-hybridized carbons (Fsp3) is 0.286. The Morgan fingerprint density at radius 1 is 1.32 bits per heavy atom. The summed E-state index contributed by atoms with van der Waals surface area (Å²) in [6.45, 7) is 1.67. The Kier molecular flexibility index (Phi) is 4.11. The molecule has 0 saturated heterocycles. The molecular formula is C14H14F3N3O2. The normalized spacial score (nSPS) is 13.0. The van der Waals surface area contributed by atoms with E-state index < -0.39 is 24.0 Å². The molecule has 22 heavy (non-hydrogen) atoms. The van der Waals surface area contributed by atoms with Gasteiger partial charge in [0.2, 0.25) is 0 Å². The molecule has 0 radical (unpaired) electrons. The summed E-state index contributed by atoms with van der Waals surface area (Å²) in [6, 6.07) is 6.10. The zero-order valence-electron chi connectivity index (χ0n) is 11.8. The number of benzene rings is 1. The van der Waals surface area contributed by atoms with E-state index in [0.29, 0.717) is 11.1 Å². The number of rotatable bonds is 3. The Morgan fingerprint density at radius 3 is 2.36 bits per heavy atom. The van der Waals surface area contributed by atoms with E-state index in [-0.39, 0.29) is 5.82 Å². The molecule has 2 N–H and O–H groups in total. The first-order valence-electron chi connectivity index (χ1n) is 6.39. The fourth-order valence-corrected chi connectivity index (χ4v) is 2.06. The number of halogens is 3. The van der Waals surface area contributed by atoms with Crippen LogP contribution in [0.4, 0.5) is 18.0 Å². The summed E-state index contributed by atoms with van der Waals surface area (Å²) in [6.07, 6.45) is -4.70. The molecule has 0 bridgehead atoms. The molecule has 0 saturated carbocycles. The zero-order valence-corrected chi connectivity index (χ0v) is 11.8. The number of alkyl halides is 3. The van der Waals surface area contributed by atoms with E-state index in [1.807, 2.05) is 0 Å². The Hall–Kier alpha value is -2.51. The minimum Gasteiger partial charge on any atom is -0.465 e. The monoisotopic (exact) mass is 313 g/mol. The van der Waals surface area contributed by atoms with E-state index in [0.717, 1.165) is 6.20 Å². The van der Waals surface area contributed by atoms with Crippen molar-refractivity contribution < 1.29 is 23.1 Å². The van der Waals surface area contributed by atoms with E-state index in [4.69, 9.17) is 5.11 Å². The summed E-state index contributed by atoms with van der Waals surface area (Å²) in [5.41, 5.74) is 0.274. The molecule has 8 heteroatoms. The van der Waals surface area contributed by atoms with Gasteiger partial charge in [0.05, 0.1) is 6.04 Å². The van der Waals surface area contributed by atoms with Crippen LogP contribution in [0, 0.1) is 0 Å². The number of aromatic nitrogens is 2. The summed E-state index contributed by atoms with van der Waals surface area (Å²) in [5.74, 6) is 0.192. The van der Waals surface area contributed by atoms with E-state index in [2.05, 4.69) is 10.3 Å². The molecule has 1 amide bonds. The smallest absolute Gasteiger partial charge is 0.434 e. The van der Waals surface area contributed by atoms with Crippen molar-refractivity contribution in [2.75, 3.05) is 0 Å². The fourth-order valence-electron chi connectivity index (χ4n) is 2.06. The highest BCUT2D eigenvalue weighted by molar-refractivity contribution is 5.65. The molecule has 0 aliphatic rings. The topological polar surface area (TPSA) is 67.2 Å². The second-order valence-corrected chi connectivity index (χ2v) is 4.85. The molecular weight excluding hydrogens is 299 g/mol. The summed E-state index contributed by atoms with van der Waals surface area (Å²) in [4.78, 5) is 14.2. The van der Waals surface area contributed by atoms with Crippen LogP contribution >= 0.6 is 0 Å². The van der Waals surface area contributed by atoms with Crippen molar-refractivity contribution in [1.29, 1.82) is 0 Å². The number of hydrogen-bond donors (Lipinski definition) is 2. The first-order valence-corrected chi connectivity index (χ1v) is 6.39.